The zero-order chi connectivity index (χ0) is 39.6. The lowest BCUT2D eigenvalue weighted by molar-refractivity contribution is -0.141. The lowest BCUT2D eigenvalue weighted by Gasteiger charge is -2.27. The number of rotatable bonds is 22. The van der Waals surface area contributed by atoms with Crippen molar-refractivity contribution in [2.24, 2.45) is 16.5 Å². The summed E-state index contributed by atoms with van der Waals surface area (Å²) in [4.78, 5) is 112. The van der Waals surface area contributed by atoms with Crippen molar-refractivity contribution in [1.82, 2.24) is 41.9 Å². The van der Waals surface area contributed by atoms with Crippen molar-refractivity contribution in [3.63, 3.8) is 0 Å². The summed E-state index contributed by atoms with van der Waals surface area (Å²) in [7, 11) is 0. The molecule has 21 heteroatoms. The molecule has 13 N–H and O–H groups in total. The third-order valence-electron chi connectivity index (χ3n) is 8.12. The first kappa shape index (κ1) is 42.0. The Hall–Kier alpha value is -6.38. The van der Waals surface area contributed by atoms with Crippen LogP contribution in [0.5, 0.6) is 0 Å². The maximum absolute atomic E-state index is 13.9. The molecule has 292 valence electrons. The number of carboxylic acids is 1. The summed E-state index contributed by atoms with van der Waals surface area (Å²) in [6, 6.07) is 0.734. The van der Waals surface area contributed by atoms with E-state index in [1.807, 2.05) is 0 Å². The van der Waals surface area contributed by atoms with E-state index >= 15 is 0 Å². The Kier molecular flexibility index (Phi) is 16.5. The highest BCUT2D eigenvalue weighted by molar-refractivity contribution is 5.97. The van der Waals surface area contributed by atoms with Gasteiger partial charge in [-0.3, -0.25) is 38.6 Å². The van der Waals surface area contributed by atoms with Crippen LogP contribution in [0.4, 0.5) is 0 Å². The van der Waals surface area contributed by atoms with Gasteiger partial charge in [-0.15, -0.1) is 0 Å². The van der Waals surface area contributed by atoms with Gasteiger partial charge < -0.3 is 63.4 Å². The molecule has 6 amide bonds. The third-order valence-corrected chi connectivity index (χ3v) is 8.12. The number of aromatic nitrogens is 2. The molecule has 3 rings (SSSR count). The highest BCUT2D eigenvalue weighted by Gasteiger charge is 2.34. The van der Waals surface area contributed by atoms with Crippen LogP contribution in [-0.4, -0.2) is 123 Å². The molecule has 0 aliphatic carbocycles. The number of aldehydes is 1. The number of hydrogen-bond donors (Lipinski definition) is 11. The maximum atomic E-state index is 13.9. The number of benzene rings is 1. The van der Waals surface area contributed by atoms with E-state index in [0.717, 1.165) is 0 Å². The highest BCUT2D eigenvalue weighted by Crippen LogP contribution is 2.11. The molecule has 0 saturated carbocycles. The van der Waals surface area contributed by atoms with Crippen LogP contribution in [-0.2, 0) is 51.2 Å². The van der Waals surface area contributed by atoms with Crippen molar-refractivity contribution in [1.29, 1.82) is 0 Å². The number of nitrogens with one attached hydrogen (secondary N) is 7. The number of aromatic amines is 1. The van der Waals surface area contributed by atoms with Gasteiger partial charge in [0, 0.05) is 37.7 Å². The molecule has 1 aliphatic rings. The fourth-order valence-electron chi connectivity index (χ4n) is 5.35. The predicted molar refractivity (Wildman–Crippen MR) is 189 cm³/mol. The highest BCUT2D eigenvalue weighted by atomic mass is 16.4. The summed E-state index contributed by atoms with van der Waals surface area (Å²) in [6.45, 7) is -0.724. The van der Waals surface area contributed by atoms with Crippen LogP contribution >= 0.6 is 0 Å². The molecule has 1 aliphatic heterocycles. The molecule has 2 heterocycles. The van der Waals surface area contributed by atoms with Crippen molar-refractivity contribution in [3.8, 4) is 0 Å². The molecule has 1 aromatic heterocycles. The number of aliphatic hydroxyl groups excluding tert-OH is 1. The Bertz CT molecular complexity index is 1650. The molecular formula is C33H45N11O10. The summed E-state index contributed by atoms with van der Waals surface area (Å²) in [6.07, 6.45) is 2.24. The van der Waals surface area contributed by atoms with Crippen molar-refractivity contribution in [2.75, 3.05) is 13.2 Å². The van der Waals surface area contributed by atoms with E-state index in [1.54, 1.807) is 30.3 Å². The largest absolute Gasteiger partial charge is 0.481 e. The predicted octanol–water partition coefficient (Wildman–Crippen LogP) is -4.38. The summed E-state index contributed by atoms with van der Waals surface area (Å²) in [5.41, 5.74) is 11.9. The molecule has 21 nitrogen and oxygen atoms in total. The number of aliphatic imine (C=N–C) groups is 1. The standard InChI is InChI=1S/C33H45N11O10/c34-33(35)37-10-4-7-21(41-31(53)23(11-18-5-2-1-3-6-18)42-29(51)22-8-9-26(47)40-22)28(50)43-24(12-19-14-36-17-38-19)32(54)44-25(13-27(48)49)30(52)39-20(15-45)16-46/h1-3,5-6,14-15,17,20-25,46H,4,7-13,16H2,(H,36,38)(H,39,52)(H,40,47)(H,41,53)(H,42,51)(H,43,50)(H,44,54)(H,48,49)(H4,34,35,37)/t20-,21+,22+,23+,24+,25+/m1/s1. The number of H-pyrrole nitrogens is 1. The molecule has 2 aromatic rings. The average Bonchev–Trinajstić information content (AvgIpc) is 3.82. The molecule has 6 atom stereocenters. The summed E-state index contributed by atoms with van der Waals surface area (Å²) < 4.78 is 0. The Morgan fingerprint density at radius 2 is 1.54 bits per heavy atom. The van der Waals surface area contributed by atoms with Gasteiger partial charge in [-0.05, 0) is 24.8 Å². The van der Waals surface area contributed by atoms with E-state index in [-0.39, 0.29) is 63.2 Å². The molecule has 0 spiro atoms. The number of guanidine groups is 1. The van der Waals surface area contributed by atoms with Gasteiger partial charge >= 0.3 is 5.97 Å². The first-order chi connectivity index (χ1) is 25.8. The van der Waals surface area contributed by atoms with Crippen LogP contribution in [0.2, 0.25) is 0 Å². The summed E-state index contributed by atoms with van der Waals surface area (Å²) >= 11 is 0. The first-order valence-electron chi connectivity index (χ1n) is 16.9. The minimum atomic E-state index is -1.73. The second-order valence-electron chi connectivity index (χ2n) is 12.4. The topological polar surface area (TPSA) is 342 Å². The second-order valence-corrected chi connectivity index (χ2v) is 12.4. The fraction of sp³-hybridized carbons (Fsp3) is 0.455. The number of imidazole rings is 1. The quantitative estimate of drug-likeness (QED) is 0.0234. The number of amides is 6. The number of carboxylic acid groups (broad SMARTS) is 1. The van der Waals surface area contributed by atoms with E-state index in [4.69, 9.17) is 11.5 Å². The lowest BCUT2D eigenvalue weighted by Crippen LogP contribution is -2.60. The summed E-state index contributed by atoms with van der Waals surface area (Å²) in [5, 5.41) is 33.5. The van der Waals surface area contributed by atoms with Gasteiger partial charge in [-0.2, -0.15) is 0 Å². The van der Waals surface area contributed by atoms with E-state index < -0.39 is 84.8 Å². The molecule has 0 radical (unpaired) electrons. The van der Waals surface area contributed by atoms with Crippen molar-refractivity contribution in [2.45, 2.75) is 81.2 Å². The molecule has 1 fully saturated rings. The number of nitrogens with two attached hydrogens (primary N) is 2. The Morgan fingerprint density at radius 1 is 0.907 bits per heavy atom. The van der Waals surface area contributed by atoms with Crippen LogP contribution in [0.3, 0.4) is 0 Å². The van der Waals surface area contributed by atoms with Gasteiger partial charge in [0.2, 0.25) is 35.4 Å². The molecule has 54 heavy (non-hydrogen) atoms. The van der Waals surface area contributed by atoms with Gasteiger partial charge in [-0.1, -0.05) is 30.3 Å². The van der Waals surface area contributed by atoms with Gasteiger partial charge in [-0.25, -0.2) is 4.98 Å². The molecule has 1 saturated heterocycles. The number of nitrogens with zero attached hydrogens (tertiary/aromatic N) is 2. The number of carbonyl (C=O) groups excluding carboxylic acids is 7. The average molecular weight is 756 g/mol. The smallest absolute Gasteiger partial charge is 0.305 e. The minimum absolute atomic E-state index is 0.0144. The van der Waals surface area contributed by atoms with Crippen molar-refractivity contribution < 1.29 is 48.6 Å². The van der Waals surface area contributed by atoms with Crippen LogP contribution < -0.4 is 43.4 Å². The van der Waals surface area contributed by atoms with Crippen molar-refractivity contribution in [3.05, 3.63) is 54.1 Å². The normalized spacial score (nSPS) is 16.2. The van der Waals surface area contributed by atoms with E-state index in [2.05, 4.69) is 46.9 Å². The number of aliphatic carboxylic acids is 1. The Labute approximate surface area is 308 Å². The fourth-order valence-corrected chi connectivity index (χ4v) is 5.35. The SMILES string of the molecule is NC(N)=NCCC[C@H](NC(=O)[C@H](Cc1ccccc1)NC(=O)[C@@H]1CCC(=O)N1)C(=O)N[C@@H](Cc1cnc[nH]1)C(=O)N[C@@H](CC(=O)O)C(=O)N[C@H](C=O)CO. The molecule has 0 unspecified atom stereocenters. The van der Waals surface area contributed by atoms with Crippen LogP contribution in [0.15, 0.2) is 47.8 Å². The van der Waals surface area contributed by atoms with Gasteiger partial charge in [0.25, 0.3) is 0 Å². The number of carbonyl (C=O) groups is 8. The molecule has 0 bridgehead atoms. The van der Waals surface area contributed by atoms with E-state index in [9.17, 15) is 48.6 Å². The monoisotopic (exact) mass is 755 g/mol. The number of hydrogen-bond acceptors (Lipinski definition) is 11. The van der Waals surface area contributed by atoms with Gasteiger partial charge in [0.1, 0.15) is 42.5 Å². The van der Waals surface area contributed by atoms with Crippen molar-refractivity contribution >= 4 is 53.7 Å². The second kappa shape index (κ2) is 21.2. The number of aliphatic hydroxyl groups is 1. The third kappa shape index (κ3) is 14.0. The van der Waals surface area contributed by atoms with Crippen LogP contribution in [0.1, 0.15) is 43.4 Å². The van der Waals surface area contributed by atoms with Gasteiger partial charge in [0.05, 0.1) is 19.4 Å². The van der Waals surface area contributed by atoms with E-state index in [1.165, 1.54) is 12.5 Å². The first-order valence-corrected chi connectivity index (χ1v) is 16.9. The lowest BCUT2D eigenvalue weighted by atomic mass is 10.0. The zero-order valence-corrected chi connectivity index (χ0v) is 29.2. The molecule has 1 aromatic carbocycles. The van der Waals surface area contributed by atoms with Crippen LogP contribution in [0, 0.1) is 0 Å². The Morgan fingerprint density at radius 3 is 2.11 bits per heavy atom. The maximum Gasteiger partial charge on any atom is 0.305 e. The van der Waals surface area contributed by atoms with E-state index in [0.29, 0.717) is 11.3 Å². The van der Waals surface area contributed by atoms with Gasteiger partial charge in [0.15, 0.2) is 5.96 Å². The zero-order valence-electron chi connectivity index (χ0n) is 29.2. The Balaban J connectivity index is 1.88. The van der Waals surface area contributed by atoms with Crippen LogP contribution in [0.25, 0.3) is 0 Å². The minimum Gasteiger partial charge on any atom is -0.481 e. The summed E-state index contributed by atoms with van der Waals surface area (Å²) in [5.74, 6) is -6.33. The molecular weight excluding hydrogens is 710 g/mol.